The Hall–Kier alpha value is -2.53. The Kier molecular flexibility index (Phi) is 4.79. The van der Waals surface area contributed by atoms with Gasteiger partial charge in [0.1, 0.15) is 11.5 Å². The smallest absolute Gasteiger partial charge is 0.255 e. The largest absolute Gasteiger partial charge is 0.507 e. The van der Waals surface area contributed by atoms with Crippen LogP contribution in [0.25, 0.3) is 0 Å². The van der Waals surface area contributed by atoms with Crippen LogP contribution in [-0.4, -0.2) is 24.7 Å². The van der Waals surface area contributed by atoms with Gasteiger partial charge in [0.25, 0.3) is 5.91 Å². The van der Waals surface area contributed by atoms with E-state index in [0.717, 1.165) is 5.56 Å². The zero-order chi connectivity index (χ0) is 15.2. The Morgan fingerprint density at radius 3 is 2.57 bits per heavy atom. The summed E-state index contributed by atoms with van der Waals surface area (Å²) in [7, 11) is 1.49. The molecule has 0 fully saturated rings. The zero-order valence-electron chi connectivity index (χ0n) is 11.7. The van der Waals surface area contributed by atoms with Crippen LogP contribution in [0.1, 0.15) is 22.0 Å². The molecule has 0 aliphatic rings. The third-order valence-corrected chi connectivity index (χ3v) is 3.19. The summed E-state index contributed by atoms with van der Waals surface area (Å²) in [4.78, 5) is 12.2. The first-order valence-corrected chi connectivity index (χ1v) is 6.58. The van der Waals surface area contributed by atoms with Crippen molar-refractivity contribution in [2.24, 2.45) is 5.73 Å². The molecule has 0 spiro atoms. The summed E-state index contributed by atoms with van der Waals surface area (Å²) in [6, 6.07) is 13.7. The number of carbonyl (C=O) groups is 1. The topological polar surface area (TPSA) is 84.6 Å². The van der Waals surface area contributed by atoms with Crippen LogP contribution >= 0.6 is 0 Å². The molecule has 5 heteroatoms. The molecule has 0 aromatic heterocycles. The maximum absolute atomic E-state index is 12.2. The number of amides is 1. The normalized spacial score (nSPS) is 11.7. The Bertz CT molecular complexity index is 614. The minimum Gasteiger partial charge on any atom is -0.507 e. The van der Waals surface area contributed by atoms with Gasteiger partial charge in [-0.25, -0.2) is 0 Å². The summed E-state index contributed by atoms with van der Waals surface area (Å²) in [6.45, 7) is 0.271. The van der Waals surface area contributed by atoms with Gasteiger partial charge in [-0.15, -0.1) is 0 Å². The van der Waals surface area contributed by atoms with Crippen molar-refractivity contribution in [1.29, 1.82) is 0 Å². The van der Waals surface area contributed by atoms with Gasteiger partial charge in [-0.3, -0.25) is 4.79 Å². The van der Waals surface area contributed by atoms with Crippen molar-refractivity contribution in [3.05, 3.63) is 59.7 Å². The Labute approximate surface area is 123 Å². The third kappa shape index (κ3) is 3.52. The number of hydrogen-bond donors (Lipinski definition) is 3. The summed E-state index contributed by atoms with van der Waals surface area (Å²) >= 11 is 0. The quantitative estimate of drug-likeness (QED) is 0.783. The molecule has 0 aliphatic carbocycles. The molecule has 21 heavy (non-hydrogen) atoms. The maximum atomic E-state index is 12.2. The lowest BCUT2D eigenvalue weighted by Crippen LogP contribution is -2.33. The van der Waals surface area contributed by atoms with Crippen molar-refractivity contribution >= 4 is 5.91 Å². The molecular formula is C16H18N2O3. The molecule has 0 radical (unpaired) electrons. The fourth-order valence-electron chi connectivity index (χ4n) is 2.03. The number of phenolic OH excluding ortho intramolecular Hbond substituents is 1. The summed E-state index contributed by atoms with van der Waals surface area (Å²) in [6.07, 6.45) is 0. The zero-order valence-corrected chi connectivity index (χ0v) is 11.7. The predicted molar refractivity (Wildman–Crippen MR) is 80.4 cm³/mol. The van der Waals surface area contributed by atoms with Gasteiger partial charge in [0.05, 0.1) is 18.7 Å². The lowest BCUT2D eigenvalue weighted by molar-refractivity contribution is 0.0935. The van der Waals surface area contributed by atoms with Crippen LogP contribution in [0.3, 0.4) is 0 Å². The number of ether oxygens (including phenoxy) is 1. The van der Waals surface area contributed by atoms with Crippen LogP contribution in [0.15, 0.2) is 48.5 Å². The van der Waals surface area contributed by atoms with E-state index >= 15 is 0 Å². The highest BCUT2D eigenvalue weighted by atomic mass is 16.5. The van der Waals surface area contributed by atoms with Crippen LogP contribution in [0.2, 0.25) is 0 Å². The van der Waals surface area contributed by atoms with Crippen LogP contribution < -0.4 is 15.8 Å². The van der Waals surface area contributed by atoms with Gasteiger partial charge in [0, 0.05) is 12.6 Å². The molecule has 110 valence electrons. The first kappa shape index (κ1) is 14.9. The minimum absolute atomic E-state index is 0.129. The molecule has 1 atom stereocenters. The van der Waals surface area contributed by atoms with Crippen molar-refractivity contribution in [3.63, 3.8) is 0 Å². The molecule has 0 saturated heterocycles. The number of nitrogens with two attached hydrogens (primary N) is 1. The molecule has 2 aromatic carbocycles. The molecule has 5 nitrogen and oxygen atoms in total. The number of hydrogen-bond acceptors (Lipinski definition) is 4. The standard InChI is InChI=1S/C16H18N2O3/c1-21-12-7-8-13(15(19)9-12)16(20)18-14(10-17)11-5-3-2-4-6-11/h2-9,14,19H,10,17H2,1H3,(H,18,20). The Morgan fingerprint density at radius 2 is 2.00 bits per heavy atom. The molecule has 0 aliphatic heterocycles. The number of nitrogens with one attached hydrogen (secondary N) is 1. The average molecular weight is 286 g/mol. The van der Waals surface area contributed by atoms with Crippen molar-refractivity contribution < 1.29 is 14.6 Å². The first-order chi connectivity index (χ1) is 10.2. The molecule has 2 aromatic rings. The fraction of sp³-hybridized carbons (Fsp3) is 0.188. The predicted octanol–water partition coefficient (Wildman–Crippen LogP) is 1.83. The molecule has 1 unspecified atom stereocenters. The van der Waals surface area contributed by atoms with Crippen molar-refractivity contribution in [2.75, 3.05) is 13.7 Å². The molecule has 1 amide bonds. The number of benzene rings is 2. The lowest BCUT2D eigenvalue weighted by atomic mass is 10.1. The summed E-state index contributed by atoms with van der Waals surface area (Å²) < 4.78 is 4.99. The van der Waals surface area contributed by atoms with E-state index in [-0.39, 0.29) is 29.8 Å². The van der Waals surface area contributed by atoms with Crippen LogP contribution in [0, 0.1) is 0 Å². The summed E-state index contributed by atoms with van der Waals surface area (Å²) in [5.41, 5.74) is 6.82. The monoisotopic (exact) mass is 286 g/mol. The average Bonchev–Trinajstić information content (AvgIpc) is 2.53. The third-order valence-electron chi connectivity index (χ3n) is 3.19. The second-order valence-corrected chi connectivity index (χ2v) is 4.56. The highest BCUT2D eigenvalue weighted by molar-refractivity contribution is 5.97. The van der Waals surface area contributed by atoms with E-state index in [4.69, 9.17) is 10.5 Å². The second-order valence-electron chi connectivity index (χ2n) is 4.56. The van der Waals surface area contributed by atoms with E-state index in [9.17, 15) is 9.90 Å². The lowest BCUT2D eigenvalue weighted by Gasteiger charge is -2.17. The highest BCUT2D eigenvalue weighted by Crippen LogP contribution is 2.24. The minimum atomic E-state index is -0.380. The SMILES string of the molecule is COc1ccc(C(=O)NC(CN)c2ccccc2)c(O)c1. The number of aromatic hydroxyl groups is 1. The van der Waals surface area contributed by atoms with Gasteiger partial charge < -0.3 is 20.9 Å². The Balaban J connectivity index is 2.17. The van der Waals surface area contributed by atoms with E-state index in [1.54, 1.807) is 6.07 Å². The van der Waals surface area contributed by atoms with Crippen molar-refractivity contribution in [2.45, 2.75) is 6.04 Å². The van der Waals surface area contributed by atoms with Gasteiger partial charge in [0.15, 0.2) is 0 Å². The fourth-order valence-corrected chi connectivity index (χ4v) is 2.03. The van der Waals surface area contributed by atoms with Gasteiger partial charge in [0.2, 0.25) is 0 Å². The van der Waals surface area contributed by atoms with E-state index < -0.39 is 0 Å². The van der Waals surface area contributed by atoms with Crippen LogP contribution in [0.5, 0.6) is 11.5 Å². The highest BCUT2D eigenvalue weighted by Gasteiger charge is 2.17. The van der Waals surface area contributed by atoms with E-state index in [0.29, 0.717) is 5.75 Å². The Morgan fingerprint density at radius 1 is 1.29 bits per heavy atom. The molecule has 4 N–H and O–H groups in total. The molecule has 0 heterocycles. The van der Waals surface area contributed by atoms with Crippen molar-refractivity contribution in [3.8, 4) is 11.5 Å². The number of phenols is 1. The van der Waals surface area contributed by atoms with E-state index in [1.807, 2.05) is 30.3 Å². The second kappa shape index (κ2) is 6.76. The van der Waals surface area contributed by atoms with Gasteiger partial charge in [-0.2, -0.15) is 0 Å². The van der Waals surface area contributed by atoms with Gasteiger partial charge in [-0.1, -0.05) is 30.3 Å². The van der Waals surface area contributed by atoms with Gasteiger partial charge >= 0.3 is 0 Å². The molecule has 2 rings (SSSR count). The van der Waals surface area contributed by atoms with E-state index in [1.165, 1.54) is 19.2 Å². The van der Waals surface area contributed by atoms with E-state index in [2.05, 4.69) is 5.32 Å². The van der Waals surface area contributed by atoms with Crippen LogP contribution in [0.4, 0.5) is 0 Å². The molecule has 0 bridgehead atoms. The maximum Gasteiger partial charge on any atom is 0.255 e. The molecular weight excluding hydrogens is 268 g/mol. The van der Waals surface area contributed by atoms with Crippen molar-refractivity contribution in [1.82, 2.24) is 5.32 Å². The molecule has 0 saturated carbocycles. The van der Waals surface area contributed by atoms with Crippen LogP contribution in [-0.2, 0) is 0 Å². The number of carbonyl (C=O) groups excluding carboxylic acids is 1. The first-order valence-electron chi connectivity index (χ1n) is 6.58. The summed E-state index contributed by atoms with van der Waals surface area (Å²) in [5, 5.41) is 12.7. The number of rotatable bonds is 5. The number of methoxy groups -OCH3 is 1. The summed E-state index contributed by atoms with van der Waals surface area (Å²) in [5.74, 6) is -0.0207. The van der Waals surface area contributed by atoms with Gasteiger partial charge in [-0.05, 0) is 17.7 Å².